The fourth-order valence-electron chi connectivity index (χ4n) is 0.796. The first-order valence-corrected chi connectivity index (χ1v) is 4.06. The van der Waals surface area contributed by atoms with E-state index in [2.05, 4.69) is 6.92 Å². The number of hydrogen-bond donors (Lipinski definition) is 0. The Morgan fingerprint density at radius 3 is 2.55 bits per heavy atom. The summed E-state index contributed by atoms with van der Waals surface area (Å²) >= 11 is 0. The Hall–Kier alpha value is -0.790. The third-order valence-corrected chi connectivity index (χ3v) is 1.58. The Morgan fingerprint density at radius 1 is 1.45 bits per heavy atom. The molecule has 0 atom stereocenters. The summed E-state index contributed by atoms with van der Waals surface area (Å²) in [6, 6.07) is 0. The predicted octanol–water partition coefficient (Wildman–Crippen LogP) is 1.26. The van der Waals surface area contributed by atoms with E-state index in [9.17, 15) is 9.90 Å². The summed E-state index contributed by atoms with van der Waals surface area (Å²) in [7, 11) is 0. The van der Waals surface area contributed by atoms with Crippen LogP contribution in [0.2, 0.25) is 0 Å². The average molecular weight is 155 g/mol. The molecule has 0 N–H and O–H groups in total. The van der Waals surface area contributed by atoms with Crippen LogP contribution in [0.25, 0.3) is 0 Å². The number of hydrogen-bond acceptors (Lipinski definition) is 2. The van der Waals surface area contributed by atoms with Crippen LogP contribution in [0.1, 0.15) is 39.5 Å². The second-order valence-corrected chi connectivity index (χ2v) is 2.67. The highest BCUT2D eigenvalue weighted by atomic mass is 16.4. The SMILES string of the molecule is CCCCC/C=C(\C)C(=O)[O-]. The van der Waals surface area contributed by atoms with Crippen LogP contribution in [-0.4, -0.2) is 5.97 Å². The van der Waals surface area contributed by atoms with Crippen molar-refractivity contribution in [3.05, 3.63) is 11.6 Å². The van der Waals surface area contributed by atoms with Crippen molar-refractivity contribution in [2.45, 2.75) is 39.5 Å². The van der Waals surface area contributed by atoms with E-state index < -0.39 is 5.97 Å². The van der Waals surface area contributed by atoms with Gasteiger partial charge in [-0.05, 0) is 25.3 Å². The van der Waals surface area contributed by atoms with Crippen LogP contribution in [0.3, 0.4) is 0 Å². The van der Waals surface area contributed by atoms with Gasteiger partial charge in [-0.3, -0.25) is 0 Å². The molecule has 0 aliphatic heterocycles. The quantitative estimate of drug-likeness (QED) is 0.443. The van der Waals surface area contributed by atoms with Crippen molar-refractivity contribution in [2.75, 3.05) is 0 Å². The lowest BCUT2D eigenvalue weighted by Crippen LogP contribution is -2.22. The van der Waals surface area contributed by atoms with E-state index in [1.165, 1.54) is 0 Å². The Morgan fingerprint density at radius 2 is 2.09 bits per heavy atom. The number of carboxylic acids is 1. The molecule has 0 aromatic heterocycles. The van der Waals surface area contributed by atoms with Crippen LogP contribution in [0.4, 0.5) is 0 Å². The van der Waals surface area contributed by atoms with Gasteiger partial charge in [-0.1, -0.05) is 25.8 Å². The van der Waals surface area contributed by atoms with E-state index in [1.807, 2.05) is 0 Å². The number of allylic oxidation sites excluding steroid dienone is 1. The maximum atomic E-state index is 10.2. The Labute approximate surface area is 67.9 Å². The first-order valence-electron chi connectivity index (χ1n) is 4.06. The molecule has 64 valence electrons. The molecule has 2 nitrogen and oxygen atoms in total. The van der Waals surface area contributed by atoms with Gasteiger partial charge in [-0.2, -0.15) is 0 Å². The minimum atomic E-state index is -1.05. The highest BCUT2D eigenvalue weighted by Gasteiger charge is 1.88. The summed E-state index contributed by atoms with van der Waals surface area (Å²) < 4.78 is 0. The second-order valence-electron chi connectivity index (χ2n) is 2.67. The normalized spacial score (nSPS) is 11.6. The van der Waals surface area contributed by atoms with E-state index in [0.717, 1.165) is 25.7 Å². The van der Waals surface area contributed by atoms with Crippen LogP contribution >= 0.6 is 0 Å². The number of unbranched alkanes of at least 4 members (excludes halogenated alkanes) is 3. The maximum Gasteiger partial charge on any atom is 0.0668 e. The van der Waals surface area contributed by atoms with Crippen LogP contribution in [0, 0.1) is 0 Å². The molecular formula is C9H15O2-. The maximum absolute atomic E-state index is 10.2. The predicted molar refractivity (Wildman–Crippen MR) is 42.9 cm³/mol. The average Bonchev–Trinajstić information content (AvgIpc) is 1.97. The van der Waals surface area contributed by atoms with Crippen molar-refractivity contribution in [1.29, 1.82) is 0 Å². The molecule has 0 unspecified atom stereocenters. The van der Waals surface area contributed by atoms with Crippen molar-refractivity contribution in [1.82, 2.24) is 0 Å². The molecule has 0 spiro atoms. The second kappa shape index (κ2) is 5.96. The van der Waals surface area contributed by atoms with Crippen molar-refractivity contribution < 1.29 is 9.90 Å². The van der Waals surface area contributed by atoms with Gasteiger partial charge >= 0.3 is 0 Å². The molecule has 0 saturated heterocycles. The highest BCUT2D eigenvalue weighted by Crippen LogP contribution is 2.02. The van der Waals surface area contributed by atoms with Gasteiger partial charge in [0.1, 0.15) is 0 Å². The standard InChI is InChI=1S/C9H16O2/c1-3-4-5-6-7-8(2)9(10)11/h7H,3-6H2,1-2H3,(H,10,11)/p-1/b8-7+. The van der Waals surface area contributed by atoms with Gasteiger partial charge in [0.05, 0.1) is 5.97 Å². The topological polar surface area (TPSA) is 40.1 Å². The summed E-state index contributed by atoms with van der Waals surface area (Å²) in [5.41, 5.74) is 0.348. The zero-order valence-electron chi connectivity index (χ0n) is 7.22. The van der Waals surface area contributed by atoms with Gasteiger partial charge in [0, 0.05) is 0 Å². The van der Waals surface area contributed by atoms with Crippen molar-refractivity contribution >= 4 is 5.97 Å². The van der Waals surface area contributed by atoms with Crippen LogP contribution in [-0.2, 0) is 4.79 Å². The summed E-state index contributed by atoms with van der Waals surface area (Å²) in [5.74, 6) is -1.05. The van der Waals surface area contributed by atoms with E-state index in [4.69, 9.17) is 0 Å². The smallest absolute Gasteiger partial charge is 0.0668 e. The van der Waals surface area contributed by atoms with Gasteiger partial charge in [-0.25, -0.2) is 0 Å². The Bertz CT molecular complexity index is 148. The Kier molecular flexibility index (Phi) is 5.53. The molecule has 0 saturated carbocycles. The number of carbonyl (C=O) groups is 1. The van der Waals surface area contributed by atoms with Crippen molar-refractivity contribution in [3.63, 3.8) is 0 Å². The molecule has 11 heavy (non-hydrogen) atoms. The van der Waals surface area contributed by atoms with E-state index >= 15 is 0 Å². The van der Waals surface area contributed by atoms with Crippen LogP contribution < -0.4 is 5.11 Å². The van der Waals surface area contributed by atoms with Gasteiger partial charge < -0.3 is 9.90 Å². The lowest BCUT2D eigenvalue weighted by molar-refractivity contribution is -0.299. The lowest BCUT2D eigenvalue weighted by Gasteiger charge is -2.00. The van der Waals surface area contributed by atoms with Crippen molar-refractivity contribution in [3.8, 4) is 0 Å². The summed E-state index contributed by atoms with van der Waals surface area (Å²) in [5, 5.41) is 10.2. The molecule has 0 bridgehead atoms. The molecule has 0 fully saturated rings. The molecule has 0 radical (unpaired) electrons. The largest absolute Gasteiger partial charge is 0.545 e. The summed E-state index contributed by atoms with van der Waals surface area (Å²) in [6.07, 6.45) is 5.98. The van der Waals surface area contributed by atoms with Crippen LogP contribution in [0.5, 0.6) is 0 Å². The zero-order chi connectivity index (χ0) is 8.69. The fourth-order valence-corrected chi connectivity index (χ4v) is 0.796. The number of aliphatic carboxylic acids is 1. The summed E-state index contributed by atoms with van der Waals surface area (Å²) in [4.78, 5) is 10.2. The molecular weight excluding hydrogens is 140 g/mol. The van der Waals surface area contributed by atoms with Crippen molar-refractivity contribution in [2.24, 2.45) is 0 Å². The highest BCUT2D eigenvalue weighted by molar-refractivity contribution is 5.83. The third-order valence-electron chi connectivity index (χ3n) is 1.58. The zero-order valence-corrected chi connectivity index (χ0v) is 7.22. The summed E-state index contributed by atoms with van der Waals surface area (Å²) in [6.45, 7) is 3.69. The molecule has 0 amide bonds. The molecule has 2 heteroatoms. The number of carbonyl (C=O) groups excluding carboxylic acids is 1. The number of rotatable bonds is 5. The fraction of sp³-hybridized carbons (Fsp3) is 0.667. The lowest BCUT2D eigenvalue weighted by atomic mass is 10.1. The van der Waals surface area contributed by atoms with Gasteiger partial charge in [0.2, 0.25) is 0 Å². The monoisotopic (exact) mass is 155 g/mol. The molecule has 0 aromatic carbocycles. The van der Waals surface area contributed by atoms with E-state index in [-0.39, 0.29) is 0 Å². The Balaban J connectivity index is 3.48. The van der Waals surface area contributed by atoms with Gasteiger partial charge in [0.15, 0.2) is 0 Å². The van der Waals surface area contributed by atoms with Gasteiger partial charge in [-0.15, -0.1) is 0 Å². The van der Waals surface area contributed by atoms with E-state index in [0.29, 0.717) is 5.57 Å². The molecule has 0 aliphatic carbocycles. The van der Waals surface area contributed by atoms with Crippen LogP contribution in [0.15, 0.2) is 11.6 Å². The molecule has 0 rings (SSSR count). The molecule has 0 heterocycles. The minimum Gasteiger partial charge on any atom is -0.545 e. The first-order chi connectivity index (χ1) is 5.18. The third kappa shape index (κ3) is 5.64. The number of carboxylic acid groups (broad SMARTS) is 1. The molecule has 0 aromatic rings. The van der Waals surface area contributed by atoms with E-state index in [1.54, 1.807) is 13.0 Å². The van der Waals surface area contributed by atoms with Gasteiger partial charge in [0.25, 0.3) is 0 Å². The minimum absolute atomic E-state index is 0.348. The first kappa shape index (κ1) is 10.2. The molecule has 0 aliphatic rings.